The van der Waals surface area contributed by atoms with Gasteiger partial charge in [0.25, 0.3) is 0 Å². The van der Waals surface area contributed by atoms with Gasteiger partial charge in [-0.2, -0.15) is 0 Å². The Kier molecular flexibility index (Phi) is 6.58. The Bertz CT molecular complexity index is 944. The smallest absolute Gasteiger partial charge is 0.321 e. The second kappa shape index (κ2) is 9.50. The van der Waals surface area contributed by atoms with E-state index in [0.717, 1.165) is 5.56 Å². The van der Waals surface area contributed by atoms with Gasteiger partial charge < -0.3 is 10.6 Å². The molecule has 0 saturated heterocycles. The molecule has 2 N–H and O–H groups in total. The van der Waals surface area contributed by atoms with Crippen LogP contribution in [-0.2, 0) is 16.0 Å². The highest BCUT2D eigenvalue weighted by Gasteiger charge is 2.28. The highest BCUT2D eigenvalue weighted by Crippen LogP contribution is 2.26. The van der Waals surface area contributed by atoms with Gasteiger partial charge in [0.1, 0.15) is 0 Å². The van der Waals surface area contributed by atoms with Crippen molar-refractivity contribution in [3.05, 3.63) is 84.7 Å². The van der Waals surface area contributed by atoms with Gasteiger partial charge >= 0.3 is 11.8 Å². The van der Waals surface area contributed by atoms with Crippen molar-refractivity contribution in [2.75, 3.05) is 23.7 Å². The van der Waals surface area contributed by atoms with Crippen molar-refractivity contribution in [1.29, 1.82) is 0 Å². The first-order chi connectivity index (χ1) is 14.1. The summed E-state index contributed by atoms with van der Waals surface area (Å²) in [5.41, 5.74) is 8.66. The van der Waals surface area contributed by atoms with Crippen LogP contribution in [0.25, 0.3) is 0 Å². The highest BCUT2D eigenvalue weighted by molar-refractivity contribution is 6.42. The summed E-state index contributed by atoms with van der Waals surface area (Å²) in [6, 6.07) is 19.8. The van der Waals surface area contributed by atoms with Crippen molar-refractivity contribution in [1.82, 2.24) is 9.88 Å². The topological polar surface area (TPSA) is 79.5 Å². The highest BCUT2D eigenvalue weighted by atomic mass is 16.2. The molecule has 2 amide bonds. The molecule has 0 aliphatic carbocycles. The first-order valence-electron chi connectivity index (χ1n) is 9.53. The molecule has 0 atom stereocenters. The normalized spacial score (nSPS) is 10.4. The monoisotopic (exact) mass is 388 g/mol. The quantitative estimate of drug-likeness (QED) is 0.518. The van der Waals surface area contributed by atoms with Crippen molar-refractivity contribution in [2.45, 2.75) is 13.3 Å². The van der Waals surface area contributed by atoms with Gasteiger partial charge in [-0.15, -0.1) is 0 Å². The first-order valence-corrected chi connectivity index (χ1v) is 9.53. The fraction of sp³-hybridized carbons (Fsp3) is 0.174. The summed E-state index contributed by atoms with van der Waals surface area (Å²) in [4.78, 5) is 33.3. The van der Waals surface area contributed by atoms with Crippen LogP contribution < -0.4 is 10.6 Å². The summed E-state index contributed by atoms with van der Waals surface area (Å²) < 4.78 is 0. The van der Waals surface area contributed by atoms with Crippen molar-refractivity contribution in [3.8, 4) is 0 Å². The van der Waals surface area contributed by atoms with E-state index < -0.39 is 11.8 Å². The fourth-order valence-corrected chi connectivity index (χ4v) is 3.03. The van der Waals surface area contributed by atoms with E-state index in [1.807, 2.05) is 37.3 Å². The largest absolute Gasteiger partial charge is 0.399 e. The van der Waals surface area contributed by atoms with Gasteiger partial charge in [-0.1, -0.05) is 18.2 Å². The van der Waals surface area contributed by atoms with Crippen molar-refractivity contribution in [3.63, 3.8) is 0 Å². The summed E-state index contributed by atoms with van der Waals surface area (Å²) >= 11 is 0. The lowest BCUT2D eigenvalue weighted by molar-refractivity contribution is -0.143. The molecule has 3 rings (SSSR count). The Hall–Kier alpha value is -3.67. The number of benzene rings is 2. The van der Waals surface area contributed by atoms with E-state index in [1.54, 1.807) is 53.7 Å². The number of pyridine rings is 1. The van der Waals surface area contributed by atoms with E-state index in [0.29, 0.717) is 36.6 Å². The Morgan fingerprint density at radius 1 is 0.862 bits per heavy atom. The van der Waals surface area contributed by atoms with Gasteiger partial charge in [-0.05, 0) is 67.4 Å². The molecular formula is C23H24N4O2. The SMILES string of the molecule is CCN(CCc1ccncc1)C(=O)C(=O)N(c1ccccc1)c1ccc(N)cc1. The van der Waals surface area contributed by atoms with Gasteiger partial charge in [0.15, 0.2) is 0 Å². The standard InChI is InChI=1S/C23H24N4O2/c1-2-26(17-14-18-12-15-25-16-13-18)22(28)23(29)27(20-6-4-3-5-7-20)21-10-8-19(24)9-11-21/h3-13,15-16H,2,14,17,24H2,1H3. The van der Waals surface area contributed by atoms with Crippen LogP contribution in [0.1, 0.15) is 12.5 Å². The minimum absolute atomic E-state index is 0.444. The van der Waals surface area contributed by atoms with E-state index in [-0.39, 0.29) is 0 Å². The van der Waals surface area contributed by atoms with Crippen LogP contribution >= 0.6 is 0 Å². The Balaban J connectivity index is 1.83. The van der Waals surface area contributed by atoms with Gasteiger partial charge in [0.2, 0.25) is 0 Å². The molecule has 3 aromatic rings. The average Bonchev–Trinajstić information content (AvgIpc) is 2.77. The van der Waals surface area contributed by atoms with Crippen LogP contribution in [0.15, 0.2) is 79.1 Å². The molecule has 0 saturated carbocycles. The number of aromatic nitrogens is 1. The number of nitrogen functional groups attached to an aromatic ring is 1. The second-order valence-electron chi connectivity index (χ2n) is 6.56. The van der Waals surface area contributed by atoms with Crippen molar-refractivity contribution in [2.24, 2.45) is 0 Å². The lowest BCUT2D eigenvalue weighted by Crippen LogP contribution is -2.44. The molecule has 0 aliphatic rings. The number of anilines is 3. The van der Waals surface area contributed by atoms with Gasteiger partial charge in [-0.3, -0.25) is 19.5 Å². The third-order valence-corrected chi connectivity index (χ3v) is 4.64. The number of amides is 2. The molecule has 6 nitrogen and oxygen atoms in total. The number of carbonyl (C=O) groups excluding carboxylic acids is 2. The zero-order valence-electron chi connectivity index (χ0n) is 16.4. The molecule has 0 bridgehead atoms. The molecule has 148 valence electrons. The summed E-state index contributed by atoms with van der Waals surface area (Å²) in [7, 11) is 0. The van der Waals surface area contributed by atoms with E-state index in [1.165, 1.54) is 4.90 Å². The molecule has 1 heterocycles. The predicted octanol–water partition coefficient (Wildman–Crippen LogP) is 3.42. The number of hydrogen-bond donors (Lipinski definition) is 1. The summed E-state index contributed by atoms with van der Waals surface area (Å²) in [6.07, 6.45) is 4.09. The van der Waals surface area contributed by atoms with Crippen LogP contribution in [0.2, 0.25) is 0 Å². The summed E-state index contributed by atoms with van der Waals surface area (Å²) in [5.74, 6) is -1.14. The summed E-state index contributed by atoms with van der Waals surface area (Å²) in [5, 5.41) is 0. The van der Waals surface area contributed by atoms with Gasteiger partial charge in [0, 0.05) is 42.5 Å². The maximum atomic E-state index is 13.2. The molecule has 0 unspecified atom stereocenters. The van der Waals surface area contributed by atoms with Crippen LogP contribution in [0.5, 0.6) is 0 Å². The predicted molar refractivity (Wildman–Crippen MR) is 115 cm³/mol. The van der Waals surface area contributed by atoms with Gasteiger partial charge in [-0.25, -0.2) is 0 Å². The number of hydrogen-bond acceptors (Lipinski definition) is 4. The number of likely N-dealkylation sites (N-methyl/N-ethyl adjacent to an activating group) is 1. The molecule has 0 fully saturated rings. The maximum Gasteiger partial charge on any atom is 0.321 e. The zero-order chi connectivity index (χ0) is 20.6. The zero-order valence-corrected chi connectivity index (χ0v) is 16.4. The number of nitrogens with two attached hydrogens (primary N) is 1. The first kappa shape index (κ1) is 20.1. The number of rotatable bonds is 6. The molecule has 1 aromatic heterocycles. The third kappa shape index (κ3) is 4.99. The van der Waals surface area contributed by atoms with Crippen LogP contribution in [0.3, 0.4) is 0 Å². The molecular weight excluding hydrogens is 364 g/mol. The molecule has 0 aliphatic heterocycles. The Morgan fingerprint density at radius 2 is 1.48 bits per heavy atom. The summed E-state index contributed by atoms with van der Waals surface area (Å²) in [6.45, 7) is 2.77. The Morgan fingerprint density at radius 3 is 2.10 bits per heavy atom. The van der Waals surface area contributed by atoms with E-state index >= 15 is 0 Å². The molecule has 29 heavy (non-hydrogen) atoms. The number of carbonyl (C=O) groups is 2. The molecule has 6 heteroatoms. The lowest BCUT2D eigenvalue weighted by atomic mass is 10.2. The molecule has 2 aromatic carbocycles. The lowest BCUT2D eigenvalue weighted by Gasteiger charge is -2.26. The van der Waals surface area contributed by atoms with E-state index in [2.05, 4.69) is 4.98 Å². The van der Waals surface area contributed by atoms with Crippen LogP contribution in [0, 0.1) is 0 Å². The fourth-order valence-electron chi connectivity index (χ4n) is 3.03. The second-order valence-corrected chi connectivity index (χ2v) is 6.56. The van der Waals surface area contributed by atoms with Crippen LogP contribution in [0.4, 0.5) is 17.1 Å². The Labute approximate surface area is 170 Å². The van der Waals surface area contributed by atoms with Crippen molar-refractivity contribution >= 4 is 28.9 Å². The maximum absolute atomic E-state index is 13.2. The third-order valence-electron chi connectivity index (χ3n) is 4.64. The number of nitrogens with zero attached hydrogens (tertiary/aromatic N) is 3. The molecule has 0 radical (unpaired) electrons. The minimum atomic E-state index is -0.599. The average molecular weight is 388 g/mol. The van der Waals surface area contributed by atoms with E-state index in [4.69, 9.17) is 5.73 Å². The van der Waals surface area contributed by atoms with Crippen molar-refractivity contribution < 1.29 is 9.59 Å². The molecule has 0 spiro atoms. The van der Waals surface area contributed by atoms with Crippen LogP contribution in [-0.4, -0.2) is 34.8 Å². The number of para-hydroxylation sites is 1. The van der Waals surface area contributed by atoms with Gasteiger partial charge in [0.05, 0.1) is 0 Å². The van der Waals surface area contributed by atoms with E-state index in [9.17, 15) is 9.59 Å². The minimum Gasteiger partial charge on any atom is -0.399 e.